The van der Waals surface area contributed by atoms with Crippen LogP contribution in [0, 0.1) is 29.6 Å². The van der Waals surface area contributed by atoms with Gasteiger partial charge in [-0.15, -0.1) is 0 Å². The molecule has 6 aliphatic rings. The molecule has 0 spiro atoms. The summed E-state index contributed by atoms with van der Waals surface area (Å²) in [4.78, 5) is 12.2. The highest BCUT2D eigenvalue weighted by Crippen LogP contribution is 2.42. The largest absolute Gasteiger partial charge is 0.469 e. The third-order valence-corrected chi connectivity index (χ3v) is 18.3. The van der Waals surface area contributed by atoms with Crippen LogP contribution in [0.15, 0.2) is 30.3 Å². The molecule has 0 amide bonds. The highest BCUT2D eigenvalue weighted by Gasteiger charge is 2.55. The average Bonchev–Trinajstić information content (AvgIpc) is 1.49. The van der Waals surface area contributed by atoms with Crippen molar-refractivity contribution in [1.82, 2.24) is 0 Å². The maximum Gasteiger partial charge on any atom is 0.468 e. The van der Waals surface area contributed by atoms with Crippen molar-refractivity contribution in [2.45, 2.75) is 234 Å². The van der Waals surface area contributed by atoms with Gasteiger partial charge in [-0.3, -0.25) is 13.8 Å². The van der Waals surface area contributed by atoms with Crippen molar-refractivity contribution in [3.63, 3.8) is 0 Å². The van der Waals surface area contributed by atoms with E-state index in [9.17, 15) is 69.0 Å². The molecule has 6 saturated heterocycles. The fourth-order valence-corrected chi connectivity index (χ4v) is 12.3. The molecule has 7 rings (SSSR count). The van der Waals surface area contributed by atoms with Gasteiger partial charge in [-0.2, -0.15) is 0 Å². The molecule has 87 heavy (non-hydrogen) atoms. The lowest BCUT2D eigenvalue weighted by Gasteiger charge is -2.51. The van der Waals surface area contributed by atoms with E-state index in [2.05, 4.69) is 9.05 Å². The molecule has 30 nitrogen and oxygen atoms in total. The van der Waals surface area contributed by atoms with Crippen molar-refractivity contribution in [2.75, 3.05) is 40.1 Å². The molecule has 32 heteroatoms. The number of aliphatic hydroxyl groups excluding tert-OH is 9. The molecule has 12 unspecified atom stereocenters. The van der Waals surface area contributed by atoms with Crippen LogP contribution in [-0.2, 0) is 105 Å². The van der Waals surface area contributed by atoms with Crippen molar-refractivity contribution >= 4 is 21.8 Å². The fourth-order valence-electron chi connectivity index (χ4n) is 11.7. The van der Waals surface area contributed by atoms with Crippen LogP contribution in [0.25, 0.3) is 0 Å². The summed E-state index contributed by atoms with van der Waals surface area (Å²) in [6.07, 6.45) is -34.7. The summed E-state index contributed by atoms with van der Waals surface area (Å²) < 4.78 is 142. The predicted octanol–water partition coefficient (Wildman–Crippen LogP) is 0.537. The van der Waals surface area contributed by atoms with Gasteiger partial charge < -0.3 is 112 Å². The second-order valence-corrected chi connectivity index (χ2v) is 24.5. The highest BCUT2D eigenvalue weighted by atomic mass is 31.1. The number of methoxy groups -OCH3 is 1. The fraction of sp³-hybridized carbons (Fsp3) is 0.873. The van der Waals surface area contributed by atoms with Crippen molar-refractivity contribution in [3.05, 3.63) is 35.9 Å². The number of hydrogen-bond donors (Lipinski definition) is 9. The number of rotatable bonds is 28. The molecule has 6 heterocycles. The van der Waals surface area contributed by atoms with E-state index in [0.29, 0.717) is 12.8 Å². The lowest BCUT2D eigenvalue weighted by atomic mass is 9.82. The quantitative estimate of drug-likeness (QED) is 0.0314. The van der Waals surface area contributed by atoms with Gasteiger partial charge in [-0.25, -0.2) is 18.3 Å². The summed E-state index contributed by atoms with van der Waals surface area (Å²) in [6, 6.07) is 9.17. The van der Waals surface area contributed by atoms with Crippen LogP contribution in [0.4, 0.5) is 0 Å². The zero-order valence-corrected chi connectivity index (χ0v) is 51.6. The van der Waals surface area contributed by atoms with Crippen molar-refractivity contribution < 1.29 is 144 Å². The molecule has 30 atom stereocenters. The first-order valence-electron chi connectivity index (χ1n) is 29.5. The molecular formula is C55H88O30P2. The van der Waals surface area contributed by atoms with E-state index in [1.54, 1.807) is 6.92 Å². The Bertz CT molecular complexity index is 2380. The van der Waals surface area contributed by atoms with E-state index in [1.165, 1.54) is 7.11 Å². The maximum atomic E-state index is 12.2. The Hall–Kier alpha value is -2.47. The zero-order valence-electron chi connectivity index (χ0n) is 49.8. The van der Waals surface area contributed by atoms with Crippen LogP contribution >= 0.6 is 15.8 Å². The van der Waals surface area contributed by atoms with Crippen LogP contribution in [0.5, 0.6) is 0 Å². The minimum Gasteiger partial charge on any atom is -0.469 e. The summed E-state index contributed by atoms with van der Waals surface area (Å²) in [5.74, 6) is -2.52. The molecule has 9 N–H and O–H groups in total. The van der Waals surface area contributed by atoms with Gasteiger partial charge in [-0.05, 0) is 48.5 Å². The molecule has 0 bridgehead atoms. The highest BCUT2D eigenvalue weighted by molar-refractivity contribution is 7.24. The van der Waals surface area contributed by atoms with Gasteiger partial charge in [0, 0.05) is 12.3 Å². The van der Waals surface area contributed by atoms with Crippen LogP contribution < -0.4 is 0 Å². The van der Waals surface area contributed by atoms with Gasteiger partial charge in [0.2, 0.25) is 0 Å². The Balaban J connectivity index is 1.13. The average molecular weight is 1290 g/mol. The molecule has 0 aliphatic carbocycles. The third-order valence-electron chi connectivity index (χ3n) is 17.6. The Morgan fingerprint density at radius 2 is 0.851 bits per heavy atom. The van der Waals surface area contributed by atoms with Crippen LogP contribution in [0.1, 0.15) is 79.7 Å². The number of carbonyl (C=O) groups excluding carboxylic acids is 1. The van der Waals surface area contributed by atoms with Gasteiger partial charge in [0.25, 0.3) is 0 Å². The van der Waals surface area contributed by atoms with Gasteiger partial charge in [0.05, 0.1) is 71.2 Å². The van der Waals surface area contributed by atoms with E-state index >= 15 is 0 Å². The van der Waals surface area contributed by atoms with E-state index in [4.69, 9.17) is 66.3 Å². The lowest BCUT2D eigenvalue weighted by molar-refractivity contribution is -0.381. The number of aliphatic hydroxyl groups is 9. The third kappa shape index (κ3) is 18.0. The van der Waals surface area contributed by atoms with Crippen molar-refractivity contribution in [1.29, 1.82) is 0 Å². The number of hydrogen-bond acceptors (Lipinski definition) is 30. The number of benzene rings is 1. The van der Waals surface area contributed by atoms with Gasteiger partial charge in [-0.1, -0.05) is 78.8 Å². The van der Waals surface area contributed by atoms with Gasteiger partial charge in [0.15, 0.2) is 37.7 Å². The second kappa shape index (κ2) is 33.4. The zero-order chi connectivity index (χ0) is 63.6. The number of ether oxygens (including phenoxy) is 14. The first-order valence-corrected chi connectivity index (χ1v) is 31.7. The molecule has 1 aromatic rings. The molecule has 0 saturated carbocycles. The van der Waals surface area contributed by atoms with Crippen molar-refractivity contribution in [2.24, 2.45) is 29.6 Å². The Morgan fingerprint density at radius 3 is 1.36 bits per heavy atom. The van der Waals surface area contributed by atoms with Gasteiger partial charge >= 0.3 is 21.8 Å². The smallest absolute Gasteiger partial charge is 0.468 e. The molecule has 0 radical (unpaired) electrons. The standard InChI is InChI=1S/C55H88O30P2/c1-9-30-24(3)26(5)47(84-51-44(64)41(61)38(58)34(81-51)22-75-86(66)67)53(77-30)74-21-33-37(57)40(60)43(63)50(80-33)73-20-32-28(7)46(49(72-19-29-15-12-11-13-16-29)54(79-32)71-18-14-17-36(56)70-8)83-55-48(27(6)25(4)31(10-2)78-55)85-52-45(65)42(62)39(59)35(82-52)23-76-87(68)69/h11-13,15-16,24-28,30-35,37-55,57-65H,9-10,14,17-23H2,1-8H3/t24-,25-,26+,27+,28+,30?,31?,32?,33?,34?,35?,37+,38+,39+,40+,41+,42+,43?,44?,45?,46+,47?,48?,49?,50-,51+,52+,53-,54-,55+/m1/s1. The number of esters is 1. The topological polar surface area (TPSA) is 415 Å². The number of carbonyl (C=O) groups is 1. The second-order valence-electron chi connectivity index (χ2n) is 23.1. The first-order chi connectivity index (χ1) is 41.4. The summed E-state index contributed by atoms with van der Waals surface area (Å²) >= 11 is 0. The minimum atomic E-state index is -3.38. The lowest BCUT2D eigenvalue weighted by Crippen LogP contribution is -2.64. The van der Waals surface area contributed by atoms with Crippen LogP contribution in [0.3, 0.4) is 0 Å². The van der Waals surface area contributed by atoms with E-state index < -0.39 is 220 Å². The monoisotopic (exact) mass is 1290 g/mol. The Morgan fingerprint density at radius 1 is 0.437 bits per heavy atom. The maximum absolute atomic E-state index is 12.2. The minimum absolute atomic E-state index is 0.0107. The Kier molecular flexibility index (Phi) is 27.6. The first kappa shape index (κ1) is 72.0. The molecule has 0 aromatic heterocycles. The molecular weight excluding hydrogens is 1200 g/mol. The summed E-state index contributed by atoms with van der Waals surface area (Å²) in [7, 11) is -5.49. The molecule has 6 fully saturated rings. The van der Waals surface area contributed by atoms with Crippen molar-refractivity contribution in [3.8, 4) is 0 Å². The summed E-state index contributed by atoms with van der Waals surface area (Å²) in [5.41, 5.74) is 0.761. The normalized spacial score (nSPS) is 43.6. The summed E-state index contributed by atoms with van der Waals surface area (Å²) in [5, 5.41) is 99.3. The summed E-state index contributed by atoms with van der Waals surface area (Å²) in [6.45, 7) is 10.7. The van der Waals surface area contributed by atoms with Crippen LogP contribution in [-0.4, -0.2) is 246 Å². The van der Waals surface area contributed by atoms with Crippen LogP contribution in [0.2, 0.25) is 0 Å². The molecule has 6 aliphatic heterocycles. The van der Waals surface area contributed by atoms with E-state index in [0.717, 1.165) is 5.56 Å². The molecule has 1 aromatic carbocycles. The SMILES string of the molecule is CCC1O[C@@H](OCC2O[C@@H](OCC3O[C@@H](OCCCC(=O)OC)C(OCc4ccccc4)[C@@H](O[C@@H]4OC(CC)[C@H](C)[C@H](C)C4O[C@@H]4OC(COP(=O)=O)[C@H](O)[C@H](O)C4O)[C@H]3C)C(O)[C@@H](O)[C@H]2O)C(O[C@@H]2OC(COP(=O)=O)[C@H](O)[C@H](O)C2O)[C@@H](C)[C@H]1C. The van der Waals surface area contributed by atoms with Gasteiger partial charge in [0.1, 0.15) is 91.6 Å². The predicted molar refractivity (Wildman–Crippen MR) is 290 cm³/mol. The molecule has 498 valence electrons. The van der Waals surface area contributed by atoms with E-state index in [1.807, 2.05) is 71.9 Å². The van der Waals surface area contributed by atoms with E-state index in [-0.39, 0.29) is 37.9 Å². The Labute approximate surface area is 504 Å².